The molecule has 0 aliphatic carbocycles. The van der Waals surface area contributed by atoms with Crippen molar-refractivity contribution in [2.75, 3.05) is 5.32 Å². The molecule has 0 bridgehead atoms. The van der Waals surface area contributed by atoms with Crippen LogP contribution in [0.4, 0.5) is 5.69 Å². The van der Waals surface area contributed by atoms with Gasteiger partial charge in [-0.05, 0) is 42.8 Å². The minimum Gasteiger partial charge on any atom is -0.481 e. The van der Waals surface area contributed by atoms with E-state index in [0.29, 0.717) is 23.2 Å². The van der Waals surface area contributed by atoms with Crippen molar-refractivity contribution in [2.45, 2.75) is 12.8 Å². The van der Waals surface area contributed by atoms with E-state index >= 15 is 0 Å². The third kappa shape index (κ3) is 3.89. The molecule has 0 saturated carbocycles. The highest BCUT2D eigenvalue weighted by atomic mass is 16.4. The zero-order valence-electron chi connectivity index (χ0n) is 13.9. The molecule has 1 amide bonds. The SMILES string of the molecule is N=C(N)c1ccc(C(=O)Nc2ccc3[nH]c(CCC(=O)O)cc3c2)cc1. The van der Waals surface area contributed by atoms with Crippen molar-refractivity contribution < 1.29 is 14.7 Å². The van der Waals surface area contributed by atoms with Crippen molar-refractivity contribution in [3.63, 3.8) is 0 Å². The van der Waals surface area contributed by atoms with Gasteiger partial charge in [0.15, 0.2) is 0 Å². The summed E-state index contributed by atoms with van der Waals surface area (Å²) in [4.78, 5) is 26.2. The van der Waals surface area contributed by atoms with E-state index in [0.717, 1.165) is 16.6 Å². The number of benzene rings is 2. The molecule has 26 heavy (non-hydrogen) atoms. The zero-order chi connectivity index (χ0) is 18.7. The average molecular weight is 350 g/mol. The molecule has 6 N–H and O–H groups in total. The first-order valence-electron chi connectivity index (χ1n) is 8.01. The number of rotatable bonds is 6. The number of fused-ring (bicyclic) bond motifs is 1. The number of aliphatic carboxylic acids is 1. The Balaban J connectivity index is 1.74. The third-order valence-corrected chi connectivity index (χ3v) is 4.00. The van der Waals surface area contributed by atoms with Crippen LogP contribution in [0.25, 0.3) is 10.9 Å². The van der Waals surface area contributed by atoms with Crippen LogP contribution in [0.15, 0.2) is 48.5 Å². The van der Waals surface area contributed by atoms with Crippen LogP contribution in [0.3, 0.4) is 0 Å². The maximum atomic E-state index is 12.3. The number of carboxylic acid groups (broad SMARTS) is 1. The maximum absolute atomic E-state index is 12.3. The fourth-order valence-electron chi connectivity index (χ4n) is 2.65. The summed E-state index contributed by atoms with van der Waals surface area (Å²) in [6.07, 6.45) is 0.487. The van der Waals surface area contributed by atoms with Crippen LogP contribution < -0.4 is 11.1 Å². The number of carboxylic acids is 1. The topological polar surface area (TPSA) is 132 Å². The summed E-state index contributed by atoms with van der Waals surface area (Å²) >= 11 is 0. The Morgan fingerprint density at radius 3 is 2.42 bits per heavy atom. The summed E-state index contributed by atoms with van der Waals surface area (Å²) in [5.74, 6) is -1.15. The van der Waals surface area contributed by atoms with Crippen molar-refractivity contribution >= 4 is 34.3 Å². The van der Waals surface area contributed by atoms with Crippen LogP contribution in [-0.4, -0.2) is 27.8 Å². The average Bonchev–Trinajstić information content (AvgIpc) is 3.02. The molecular weight excluding hydrogens is 332 g/mol. The van der Waals surface area contributed by atoms with Gasteiger partial charge in [0.1, 0.15) is 5.84 Å². The number of nitrogens with one attached hydrogen (secondary N) is 3. The van der Waals surface area contributed by atoms with Crippen LogP contribution >= 0.6 is 0 Å². The third-order valence-electron chi connectivity index (χ3n) is 4.00. The highest BCUT2D eigenvalue weighted by Crippen LogP contribution is 2.21. The van der Waals surface area contributed by atoms with Gasteiger partial charge in [-0.2, -0.15) is 0 Å². The van der Waals surface area contributed by atoms with Crippen LogP contribution in [0.1, 0.15) is 28.0 Å². The minimum atomic E-state index is -0.840. The number of aromatic amines is 1. The number of hydrogen-bond donors (Lipinski definition) is 5. The number of aromatic nitrogens is 1. The summed E-state index contributed by atoms with van der Waals surface area (Å²) in [7, 11) is 0. The molecule has 0 aliphatic rings. The molecule has 3 rings (SSSR count). The van der Waals surface area contributed by atoms with Gasteiger partial charge in [-0.1, -0.05) is 12.1 Å². The lowest BCUT2D eigenvalue weighted by atomic mass is 10.1. The maximum Gasteiger partial charge on any atom is 0.303 e. The van der Waals surface area contributed by atoms with E-state index in [1.54, 1.807) is 30.3 Å². The number of aryl methyl sites for hydroxylation is 1. The lowest BCUT2D eigenvalue weighted by molar-refractivity contribution is -0.136. The van der Waals surface area contributed by atoms with Gasteiger partial charge in [-0.25, -0.2) is 0 Å². The Labute approximate surface area is 149 Å². The number of amidine groups is 1. The number of hydrogen-bond acceptors (Lipinski definition) is 3. The lowest BCUT2D eigenvalue weighted by Crippen LogP contribution is -2.14. The molecule has 0 radical (unpaired) electrons. The number of carbonyl (C=O) groups is 2. The molecule has 132 valence electrons. The first-order valence-corrected chi connectivity index (χ1v) is 8.01. The van der Waals surface area contributed by atoms with Crippen LogP contribution in [-0.2, 0) is 11.2 Å². The predicted molar refractivity (Wildman–Crippen MR) is 99.7 cm³/mol. The van der Waals surface area contributed by atoms with Crippen molar-refractivity contribution in [1.29, 1.82) is 5.41 Å². The van der Waals surface area contributed by atoms with Gasteiger partial charge in [-0.15, -0.1) is 0 Å². The normalized spacial score (nSPS) is 10.6. The van der Waals surface area contributed by atoms with Crippen molar-refractivity contribution in [3.05, 3.63) is 65.4 Å². The molecule has 0 aliphatic heterocycles. The Kier molecular flexibility index (Phi) is 4.70. The molecule has 1 heterocycles. The van der Waals surface area contributed by atoms with Gasteiger partial charge < -0.3 is 21.1 Å². The van der Waals surface area contributed by atoms with E-state index in [1.165, 1.54) is 0 Å². The largest absolute Gasteiger partial charge is 0.481 e. The second kappa shape index (κ2) is 7.10. The second-order valence-electron chi connectivity index (χ2n) is 5.94. The Hall–Kier alpha value is -3.61. The summed E-state index contributed by atoms with van der Waals surface area (Å²) < 4.78 is 0. The standard InChI is InChI=1S/C19H18N4O3/c20-18(21)11-1-3-12(4-2-11)19(26)23-15-5-7-16-13(10-15)9-14(22-16)6-8-17(24)25/h1-5,7,9-10,22H,6,8H2,(H3,20,21)(H,23,26)(H,24,25). The highest BCUT2D eigenvalue weighted by Gasteiger charge is 2.09. The number of nitrogens with two attached hydrogens (primary N) is 1. The van der Waals surface area contributed by atoms with E-state index < -0.39 is 5.97 Å². The van der Waals surface area contributed by atoms with E-state index in [4.69, 9.17) is 16.2 Å². The molecule has 0 unspecified atom stereocenters. The summed E-state index contributed by atoms with van der Waals surface area (Å²) in [6.45, 7) is 0. The number of anilines is 1. The molecule has 1 aromatic heterocycles. The molecule has 7 nitrogen and oxygen atoms in total. The van der Waals surface area contributed by atoms with Crippen molar-refractivity contribution in [1.82, 2.24) is 4.98 Å². The summed E-state index contributed by atoms with van der Waals surface area (Å²) in [5.41, 5.74) is 8.79. The van der Waals surface area contributed by atoms with Gasteiger partial charge >= 0.3 is 5.97 Å². The zero-order valence-corrected chi connectivity index (χ0v) is 13.9. The Morgan fingerprint density at radius 2 is 1.77 bits per heavy atom. The number of H-pyrrole nitrogens is 1. The Morgan fingerprint density at radius 1 is 1.08 bits per heavy atom. The quantitative estimate of drug-likeness (QED) is 0.345. The summed E-state index contributed by atoms with van der Waals surface area (Å²) in [6, 6.07) is 13.8. The van der Waals surface area contributed by atoms with E-state index in [9.17, 15) is 9.59 Å². The first-order chi connectivity index (χ1) is 12.4. The predicted octanol–water partition coefficient (Wildman–Crippen LogP) is 2.72. The second-order valence-corrected chi connectivity index (χ2v) is 5.94. The van der Waals surface area contributed by atoms with E-state index in [1.807, 2.05) is 18.2 Å². The summed E-state index contributed by atoms with van der Waals surface area (Å²) in [5, 5.41) is 19.9. The molecule has 3 aromatic rings. The van der Waals surface area contributed by atoms with Crippen molar-refractivity contribution in [2.24, 2.45) is 5.73 Å². The number of amides is 1. The van der Waals surface area contributed by atoms with Crippen molar-refractivity contribution in [3.8, 4) is 0 Å². The van der Waals surface area contributed by atoms with Gasteiger partial charge in [0.2, 0.25) is 0 Å². The highest BCUT2D eigenvalue weighted by molar-refractivity contribution is 6.06. The lowest BCUT2D eigenvalue weighted by Gasteiger charge is -2.06. The Bertz CT molecular complexity index is 990. The molecule has 7 heteroatoms. The molecule has 0 spiro atoms. The smallest absolute Gasteiger partial charge is 0.303 e. The fourth-order valence-corrected chi connectivity index (χ4v) is 2.65. The number of nitrogen functional groups attached to an aromatic ring is 1. The van der Waals surface area contributed by atoms with Crippen LogP contribution in [0, 0.1) is 5.41 Å². The van der Waals surface area contributed by atoms with Gasteiger partial charge in [-0.3, -0.25) is 15.0 Å². The number of carbonyl (C=O) groups excluding carboxylic acids is 1. The van der Waals surface area contributed by atoms with Gasteiger partial charge in [0.05, 0.1) is 6.42 Å². The minimum absolute atomic E-state index is 0.0476. The molecule has 2 aromatic carbocycles. The van der Waals surface area contributed by atoms with Crippen LogP contribution in [0.2, 0.25) is 0 Å². The molecular formula is C19H18N4O3. The van der Waals surface area contributed by atoms with Gasteiger partial charge in [0, 0.05) is 33.4 Å². The van der Waals surface area contributed by atoms with E-state index in [2.05, 4.69) is 10.3 Å². The van der Waals surface area contributed by atoms with E-state index in [-0.39, 0.29) is 18.2 Å². The molecule has 0 saturated heterocycles. The fraction of sp³-hybridized carbons (Fsp3) is 0.105. The first kappa shape index (κ1) is 17.2. The molecule has 0 fully saturated rings. The molecule has 0 atom stereocenters. The van der Waals surface area contributed by atoms with Gasteiger partial charge in [0.25, 0.3) is 5.91 Å². The van der Waals surface area contributed by atoms with Crippen LogP contribution in [0.5, 0.6) is 0 Å². The monoisotopic (exact) mass is 350 g/mol.